The highest BCUT2D eigenvalue weighted by atomic mass is 79.9. The van der Waals surface area contributed by atoms with Crippen molar-refractivity contribution in [1.29, 1.82) is 0 Å². The molecule has 0 aliphatic rings. The Morgan fingerprint density at radius 3 is 2.57 bits per heavy atom. The number of amides is 1. The third kappa shape index (κ3) is 4.06. The summed E-state index contributed by atoms with van der Waals surface area (Å²) in [5.74, 6) is -0.118. The Labute approximate surface area is 136 Å². The summed E-state index contributed by atoms with van der Waals surface area (Å²) in [5, 5.41) is 13.8. The highest BCUT2D eigenvalue weighted by Crippen LogP contribution is 2.24. The summed E-state index contributed by atoms with van der Waals surface area (Å²) in [6, 6.07) is 9.48. The van der Waals surface area contributed by atoms with Crippen LogP contribution in [0.15, 0.2) is 40.2 Å². The molecule has 0 radical (unpaired) electrons. The van der Waals surface area contributed by atoms with Gasteiger partial charge in [0.25, 0.3) is 5.91 Å². The van der Waals surface area contributed by atoms with Gasteiger partial charge in [-0.25, -0.2) is 0 Å². The highest BCUT2D eigenvalue weighted by molar-refractivity contribution is 9.10. The van der Waals surface area contributed by atoms with Crippen molar-refractivity contribution in [3.8, 4) is 0 Å². The molecular formula is C15H17BrN2O2S. The van der Waals surface area contributed by atoms with Crippen molar-refractivity contribution in [1.82, 2.24) is 0 Å². The number of hydrogen-bond acceptors (Lipinski definition) is 4. The van der Waals surface area contributed by atoms with Crippen LogP contribution >= 0.6 is 27.3 Å². The monoisotopic (exact) mass is 368 g/mol. The fourth-order valence-corrected chi connectivity index (χ4v) is 3.44. The summed E-state index contributed by atoms with van der Waals surface area (Å²) in [6.07, 6.45) is 0. The topological polar surface area (TPSA) is 52.6 Å². The largest absolute Gasteiger partial charge is 0.395 e. The first-order chi connectivity index (χ1) is 10.2. The number of nitrogens with zero attached hydrogens (tertiary/aromatic N) is 1. The van der Waals surface area contributed by atoms with Gasteiger partial charge in [0.2, 0.25) is 0 Å². The number of halogens is 1. The molecule has 1 heterocycles. The molecule has 0 aliphatic heterocycles. The zero-order valence-corrected chi connectivity index (χ0v) is 14.1. The summed E-state index contributed by atoms with van der Waals surface area (Å²) in [6.45, 7) is 3.59. The van der Waals surface area contributed by atoms with Crippen molar-refractivity contribution in [2.45, 2.75) is 6.92 Å². The Morgan fingerprint density at radius 1 is 1.33 bits per heavy atom. The third-order valence-corrected chi connectivity index (χ3v) is 4.90. The van der Waals surface area contributed by atoms with Crippen molar-refractivity contribution >= 4 is 44.5 Å². The van der Waals surface area contributed by atoms with Crippen LogP contribution in [-0.2, 0) is 0 Å². The van der Waals surface area contributed by atoms with Crippen molar-refractivity contribution in [3.63, 3.8) is 0 Å². The minimum Gasteiger partial charge on any atom is -0.395 e. The molecule has 0 unspecified atom stereocenters. The van der Waals surface area contributed by atoms with E-state index in [1.54, 1.807) is 0 Å². The van der Waals surface area contributed by atoms with E-state index in [1.165, 1.54) is 11.3 Å². The van der Waals surface area contributed by atoms with Crippen LogP contribution in [0.1, 0.15) is 16.6 Å². The molecule has 2 aromatic rings. The van der Waals surface area contributed by atoms with Crippen LogP contribution in [0, 0.1) is 0 Å². The van der Waals surface area contributed by atoms with E-state index in [1.807, 2.05) is 42.6 Å². The molecule has 21 heavy (non-hydrogen) atoms. The number of benzene rings is 1. The van der Waals surface area contributed by atoms with Gasteiger partial charge in [0.05, 0.1) is 6.61 Å². The minimum atomic E-state index is -0.118. The summed E-state index contributed by atoms with van der Waals surface area (Å²) in [4.78, 5) is 14.8. The molecule has 4 nitrogen and oxygen atoms in total. The van der Waals surface area contributed by atoms with Gasteiger partial charge in [0.15, 0.2) is 0 Å². The molecule has 0 saturated heterocycles. The highest BCUT2D eigenvalue weighted by Gasteiger charge is 2.12. The molecule has 0 bridgehead atoms. The standard InChI is InChI=1S/C15H17BrN2O2S/c1-2-18(8-9-19)12-5-3-11(4-6-12)17-15(20)14-13(16)7-10-21-14/h3-7,10,19H,2,8-9H2,1H3,(H,17,20). The third-order valence-electron chi connectivity index (χ3n) is 3.07. The summed E-state index contributed by atoms with van der Waals surface area (Å²) in [5.41, 5.74) is 1.78. The normalized spacial score (nSPS) is 10.4. The SMILES string of the molecule is CCN(CCO)c1ccc(NC(=O)c2sccc2Br)cc1. The van der Waals surface area contributed by atoms with Crippen LogP contribution in [0.3, 0.4) is 0 Å². The molecule has 0 fully saturated rings. The number of anilines is 2. The van der Waals surface area contributed by atoms with Crippen molar-refractivity contribution < 1.29 is 9.90 Å². The molecule has 0 aliphatic carbocycles. The van der Waals surface area contributed by atoms with Gasteiger partial charge in [-0.2, -0.15) is 0 Å². The number of carbonyl (C=O) groups is 1. The van der Waals surface area contributed by atoms with E-state index in [-0.39, 0.29) is 12.5 Å². The predicted octanol–water partition coefficient (Wildman–Crippen LogP) is 3.58. The second kappa shape index (κ2) is 7.59. The Morgan fingerprint density at radius 2 is 2.05 bits per heavy atom. The fourth-order valence-electron chi connectivity index (χ4n) is 1.99. The average molecular weight is 369 g/mol. The average Bonchev–Trinajstić information content (AvgIpc) is 2.92. The first-order valence-electron chi connectivity index (χ1n) is 6.66. The van der Waals surface area contributed by atoms with Crippen LogP contribution < -0.4 is 10.2 Å². The summed E-state index contributed by atoms with van der Waals surface area (Å²) in [7, 11) is 0. The van der Waals surface area contributed by atoms with Gasteiger partial charge in [-0.3, -0.25) is 4.79 Å². The van der Waals surface area contributed by atoms with Gasteiger partial charge in [0, 0.05) is 28.9 Å². The maximum atomic E-state index is 12.1. The molecule has 2 N–H and O–H groups in total. The Hall–Kier alpha value is -1.37. The lowest BCUT2D eigenvalue weighted by atomic mass is 10.2. The molecule has 1 amide bonds. The number of aliphatic hydroxyl groups excluding tert-OH is 1. The van der Waals surface area contributed by atoms with Gasteiger partial charge >= 0.3 is 0 Å². The fraction of sp³-hybridized carbons (Fsp3) is 0.267. The Bertz CT molecular complexity index is 598. The van der Waals surface area contributed by atoms with E-state index in [4.69, 9.17) is 5.11 Å². The molecule has 2 rings (SSSR count). The van der Waals surface area contributed by atoms with Gasteiger partial charge < -0.3 is 15.3 Å². The Kier molecular flexibility index (Phi) is 5.78. The van der Waals surface area contributed by atoms with Crippen molar-refractivity contribution in [2.24, 2.45) is 0 Å². The minimum absolute atomic E-state index is 0.118. The molecule has 0 saturated carbocycles. The zero-order chi connectivity index (χ0) is 15.2. The summed E-state index contributed by atoms with van der Waals surface area (Å²) < 4.78 is 0.807. The number of likely N-dealkylation sites (N-methyl/N-ethyl adjacent to an activating group) is 1. The second-order valence-electron chi connectivity index (χ2n) is 4.40. The van der Waals surface area contributed by atoms with Crippen molar-refractivity contribution in [3.05, 3.63) is 45.1 Å². The van der Waals surface area contributed by atoms with Crippen LogP contribution in [0.5, 0.6) is 0 Å². The molecular weight excluding hydrogens is 352 g/mol. The lowest BCUT2D eigenvalue weighted by Crippen LogP contribution is -2.26. The van der Waals surface area contributed by atoms with E-state index in [2.05, 4.69) is 26.1 Å². The number of aliphatic hydroxyl groups is 1. The van der Waals surface area contributed by atoms with E-state index >= 15 is 0 Å². The quantitative estimate of drug-likeness (QED) is 0.819. The Balaban J connectivity index is 2.06. The van der Waals surface area contributed by atoms with Gasteiger partial charge in [-0.15, -0.1) is 11.3 Å². The number of hydrogen-bond donors (Lipinski definition) is 2. The number of rotatable bonds is 6. The van der Waals surface area contributed by atoms with Gasteiger partial charge in [-0.1, -0.05) is 0 Å². The zero-order valence-electron chi connectivity index (χ0n) is 11.7. The van der Waals surface area contributed by atoms with E-state index in [0.717, 1.165) is 22.4 Å². The lowest BCUT2D eigenvalue weighted by Gasteiger charge is -2.22. The summed E-state index contributed by atoms with van der Waals surface area (Å²) >= 11 is 4.76. The molecule has 1 aromatic carbocycles. The second-order valence-corrected chi connectivity index (χ2v) is 6.17. The molecule has 112 valence electrons. The smallest absolute Gasteiger partial charge is 0.266 e. The van der Waals surface area contributed by atoms with E-state index in [0.29, 0.717) is 11.4 Å². The van der Waals surface area contributed by atoms with Gasteiger partial charge in [0.1, 0.15) is 4.88 Å². The number of thiophene rings is 1. The molecule has 0 spiro atoms. The van der Waals surface area contributed by atoms with Crippen LogP contribution in [-0.4, -0.2) is 30.7 Å². The van der Waals surface area contributed by atoms with Crippen LogP contribution in [0.25, 0.3) is 0 Å². The van der Waals surface area contributed by atoms with Gasteiger partial charge in [-0.05, 0) is 58.6 Å². The molecule has 0 atom stereocenters. The predicted molar refractivity (Wildman–Crippen MR) is 91.4 cm³/mol. The number of nitrogens with one attached hydrogen (secondary N) is 1. The molecule has 6 heteroatoms. The first-order valence-corrected chi connectivity index (χ1v) is 8.33. The van der Waals surface area contributed by atoms with Crippen molar-refractivity contribution in [2.75, 3.05) is 29.9 Å². The van der Waals surface area contributed by atoms with Crippen LogP contribution in [0.4, 0.5) is 11.4 Å². The number of carbonyl (C=O) groups excluding carboxylic acids is 1. The van der Waals surface area contributed by atoms with Crippen LogP contribution in [0.2, 0.25) is 0 Å². The lowest BCUT2D eigenvalue weighted by molar-refractivity contribution is 0.103. The maximum absolute atomic E-state index is 12.1. The molecule has 1 aromatic heterocycles. The first kappa shape index (κ1) is 16.0. The maximum Gasteiger partial charge on any atom is 0.266 e. The van der Waals surface area contributed by atoms with E-state index in [9.17, 15) is 4.79 Å². The van der Waals surface area contributed by atoms with E-state index < -0.39 is 0 Å².